The van der Waals surface area contributed by atoms with Crippen molar-refractivity contribution in [3.05, 3.63) is 0 Å². The van der Waals surface area contributed by atoms with E-state index in [4.69, 9.17) is 11.6 Å². The topological polar surface area (TPSA) is 81.1 Å². The number of thioether (sulfide) groups is 1. The average Bonchev–Trinajstić information content (AvgIpc) is 2.17. The first kappa shape index (κ1) is 12.7. The average molecular weight is 205 g/mol. The number of nitrogens with one attached hydrogen (secondary N) is 1. The number of amides is 1. The van der Waals surface area contributed by atoms with Crippen molar-refractivity contribution in [3.8, 4) is 0 Å². The minimum Gasteiger partial charge on any atom is -0.327 e. The van der Waals surface area contributed by atoms with Gasteiger partial charge in [-0.15, -0.1) is 11.8 Å². The van der Waals surface area contributed by atoms with Crippen LogP contribution in [0.4, 0.5) is 0 Å². The van der Waals surface area contributed by atoms with Gasteiger partial charge in [0.15, 0.2) is 0 Å². The van der Waals surface area contributed by atoms with Crippen molar-refractivity contribution in [3.63, 3.8) is 0 Å². The lowest BCUT2D eigenvalue weighted by Gasteiger charge is -2.14. The molecule has 2 unspecified atom stereocenters. The molecule has 0 saturated heterocycles. The Balaban J connectivity index is 3.78. The lowest BCUT2D eigenvalue weighted by Crippen LogP contribution is -2.38. The molecule has 5 N–H and O–H groups in total. The van der Waals surface area contributed by atoms with Crippen LogP contribution < -0.4 is 17.0 Å². The molecular weight excluding hydrogens is 186 g/mol. The van der Waals surface area contributed by atoms with Gasteiger partial charge < -0.3 is 5.73 Å². The van der Waals surface area contributed by atoms with Crippen LogP contribution in [-0.4, -0.2) is 23.0 Å². The summed E-state index contributed by atoms with van der Waals surface area (Å²) in [5.41, 5.74) is 7.89. The van der Waals surface area contributed by atoms with Gasteiger partial charge in [-0.1, -0.05) is 13.8 Å². The number of nitrogens with two attached hydrogens (primary N) is 2. The third-order valence-electron chi connectivity index (χ3n) is 1.84. The fourth-order valence-corrected chi connectivity index (χ4v) is 2.00. The molecule has 0 aliphatic rings. The number of rotatable bonds is 6. The summed E-state index contributed by atoms with van der Waals surface area (Å²) in [7, 11) is 0. The second-order valence-electron chi connectivity index (χ2n) is 2.91. The van der Waals surface area contributed by atoms with Crippen molar-refractivity contribution in [1.82, 2.24) is 5.43 Å². The lowest BCUT2D eigenvalue weighted by molar-refractivity contribution is -0.120. The van der Waals surface area contributed by atoms with Crippen LogP contribution in [0, 0.1) is 0 Å². The molecule has 0 fully saturated rings. The van der Waals surface area contributed by atoms with Crippen molar-refractivity contribution < 1.29 is 4.79 Å². The monoisotopic (exact) mass is 205 g/mol. The van der Waals surface area contributed by atoms with Gasteiger partial charge in [-0.05, 0) is 12.8 Å². The Morgan fingerprint density at radius 3 is 2.46 bits per heavy atom. The minimum atomic E-state index is -0.115. The highest BCUT2D eigenvalue weighted by Gasteiger charge is 2.16. The van der Waals surface area contributed by atoms with E-state index >= 15 is 0 Å². The van der Waals surface area contributed by atoms with Gasteiger partial charge >= 0.3 is 0 Å². The summed E-state index contributed by atoms with van der Waals surface area (Å²) in [5, 5.41) is -0.0670. The summed E-state index contributed by atoms with van der Waals surface area (Å²) >= 11 is 1.57. The van der Waals surface area contributed by atoms with E-state index in [0.29, 0.717) is 0 Å². The Morgan fingerprint density at radius 2 is 2.08 bits per heavy atom. The van der Waals surface area contributed by atoms with E-state index in [1.807, 2.05) is 13.8 Å². The van der Waals surface area contributed by atoms with E-state index in [1.165, 1.54) is 0 Å². The molecule has 0 aliphatic carbocycles. The largest absolute Gasteiger partial charge is 0.327 e. The Kier molecular flexibility index (Phi) is 7.03. The first-order valence-electron chi connectivity index (χ1n) is 4.53. The lowest BCUT2D eigenvalue weighted by atomic mass is 10.3. The third kappa shape index (κ3) is 5.13. The normalized spacial score (nSPS) is 15.1. The van der Waals surface area contributed by atoms with Crippen LogP contribution in [0.15, 0.2) is 0 Å². The van der Waals surface area contributed by atoms with Gasteiger partial charge in [-0.3, -0.25) is 10.2 Å². The maximum atomic E-state index is 11.1. The zero-order chi connectivity index (χ0) is 10.3. The van der Waals surface area contributed by atoms with Crippen molar-refractivity contribution in [2.75, 3.05) is 5.75 Å². The Labute approximate surface area is 83.8 Å². The van der Waals surface area contributed by atoms with Crippen molar-refractivity contribution >= 4 is 17.7 Å². The van der Waals surface area contributed by atoms with E-state index < -0.39 is 0 Å². The van der Waals surface area contributed by atoms with Crippen LogP contribution in [0.5, 0.6) is 0 Å². The molecule has 0 radical (unpaired) electrons. The quantitative estimate of drug-likeness (QED) is 0.329. The molecule has 0 aromatic heterocycles. The zero-order valence-electron chi connectivity index (χ0n) is 8.25. The van der Waals surface area contributed by atoms with Crippen molar-refractivity contribution in [2.45, 2.75) is 38.0 Å². The summed E-state index contributed by atoms with van der Waals surface area (Å²) in [5.74, 6) is 5.74. The van der Waals surface area contributed by atoms with E-state index in [-0.39, 0.29) is 17.2 Å². The molecule has 0 saturated carbocycles. The molecule has 78 valence electrons. The predicted molar refractivity (Wildman–Crippen MR) is 57.1 cm³/mol. The summed E-state index contributed by atoms with van der Waals surface area (Å²) in [4.78, 5) is 11.1. The van der Waals surface area contributed by atoms with Crippen LogP contribution >= 0.6 is 11.8 Å². The summed E-state index contributed by atoms with van der Waals surface area (Å²) in [6.45, 7) is 4.00. The molecule has 4 nitrogen and oxygen atoms in total. The fourth-order valence-electron chi connectivity index (χ4n) is 0.829. The molecule has 13 heavy (non-hydrogen) atoms. The van der Waals surface area contributed by atoms with Gasteiger partial charge in [0.1, 0.15) is 0 Å². The van der Waals surface area contributed by atoms with Crippen LogP contribution in [0.3, 0.4) is 0 Å². The van der Waals surface area contributed by atoms with E-state index in [0.717, 1.165) is 18.6 Å². The first-order valence-corrected chi connectivity index (χ1v) is 5.58. The zero-order valence-corrected chi connectivity index (χ0v) is 9.06. The van der Waals surface area contributed by atoms with Gasteiger partial charge in [0.2, 0.25) is 5.91 Å². The molecule has 0 heterocycles. The first-order chi connectivity index (χ1) is 6.15. The SMILES string of the molecule is CCC(N)CSC(CC)C(=O)NN. The fraction of sp³-hybridized carbons (Fsp3) is 0.875. The highest BCUT2D eigenvalue weighted by atomic mass is 32.2. The molecule has 0 aromatic carbocycles. The molecule has 5 heteroatoms. The number of hydrazine groups is 1. The van der Waals surface area contributed by atoms with Gasteiger partial charge in [0.05, 0.1) is 5.25 Å². The molecular formula is C8H19N3OS. The number of hydrogen-bond acceptors (Lipinski definition) is 4. The van der Waals surface area contributed by atoms with Crippen LogP contribution in [0.1, 0.15) is 26.7 Å². The Hall–Kier alpha value is -0.260. The second kappa shape index (κ2) is 7.17. The third-order valence-corrected chi connectivity index (χ3v) is 3.41. The number of carbonyl (C=O) groups is 1. The van der Waals surface area contributed by atoms with Gasteiger partial charge in [-0.25, -0.2) is 5.84 Å². The molecule has 1 amide bonds. The molecule has 2 atom stereocenters. The second-order valence-corrected chi connectivity index (χ2v) is 4.14. The highest BCUT2D eigenvalue weighted by Crippen LogP contribution is 2.15. The van der Waals surface area contributed by atoms with Gasteiger partial charge in [0.25, 0.3) is 0 Å². The summed E-state index contributed by atoms with van der Waals surface area (Å²) in [6.07, 6.45) is 1.72. The number of hydrogen-bond donors (Lipinski definition) is 3. The molecule has 0 aromatic rings. The van der Waals surface area contributed by atoms with E-state index in [1.54, 1.807) is 11.8 Å². The van der Waals surface area contributed by atoms with Crippen molar-refractivity contribution in [2.24, 2.45) is 11.6 Å². The van der Waals surface area contributed by atoms with Crippen LogP contribution in [-0.2, 0) is 4.79 Å². The Morgan fingerprint density at radius 1 is 1.46 bits per heavy atom. The van der Waals surface area contributed by atoms with Crippen LogP contribution in [0.2, 0.25) is 0 Å². The maximum absolute atomic E-state index is 11.1. The Bertz CT molecular complexity index is 154. The van der Waals surface area contributed by atoms with Gasteiger partial charge in [-0.2, -0.15) is 0 Å². The van der Waals surface area contributed by atoms with Crippen LogP contribution in [0.25, 0.3) is 0 Å². The molecule has 0 spiro atoms. The maximum Gasteiger partial charge on any atom is 0.246 e. The summed E-state index contributed by atoms with van der Waals surface area (Å²) < 4.78 is 0. The van der Waals surface area contributed by atoms with Crippen molar-refractivity contribution in [1.29, 1.82) is 0 Å². The molecule has 0 rings (SSSR count). The standard InChI is InChI=1S/C8H19N3OS/c1-3-6(9)5-13-7(4-2)8(12)11-10/h6-7H,3-5,9-10H2,1-2H3,(H,11,12). The molecule has 0 bridgehead atoms. The summed E-state index contributed by atoms with van der Waals surface area (Å²) in [6, 6.07) is 0.171. The number of carbonyl (C=O) groups excluding carboxylic acids is 1. The minimum absolute atomic E-state index is 0.0670. The van der Waals surface area contributed by atoms with E-state index in [2.05, 4.69) is 5.43 Å². The predicted octanol–water partition coefficient (Wildman–Crippen LogP) is 0.225. The highest BCUT2D eigenvalue weighted by molar-refractivity contribution is 8.00. The van der Waals surface area contributed by atoms with E-state index in [9.17, 15) is 4.79 Å². The molecule has 0 aliphatic heterocycles. The van der Waals surface area contributed by atoms with Gasteiger partial charge in [0, 0.05) is 11.8 Å². The smallest absolute Gasteiger partial charge is 0.246 e.